The largest absolute Gasteiger partial charge is 0.383 e. The summed E-state index contributed by atoms with van der Waals surface area (Å²) in [5, 5.41) is 17.4. The van der Waals surface area contributed by atoms with E-state index in [4.69, 9.17) is 4.74 Å². The summed E-state index contributed by atoms with van der Waals surface area (Å²) >= 11 is 0. The van der Waals surface area contributed by atoms with Crippen LogP contribution in [0.25, 0.3) is 16.9 Å². The number of carbonyl (C=O) groups excluding carboxylic acids is 1. The zero-order valence-corrected chi connectivity index (χ0v) is 17.3. The second-order valence-electron chi connectivity index (χ2n) is 6.97. The van der Waals surface area contributed by atoms with Crippen molar-refractivity contribution in [3.8, 4) is 11.3 Å². The zero-order valence-electron chi connectivity index (χ0n) is 17.3. The number of nitrogens with zero attached hydrogens (tertiary/aromatic N) is 3. The molecule has 0 atom stereocenters. The number of carbonyl (C=O) groups is 1. The Bertz CT molecular complexity index is 1270. The number of nitro benzene ring substituents is 1. The molecule has 2 heterocycles. The summed E-state index contributed by atoms with van der Waals surface area (Å²) in [5.41, 5.74) is 2.43. The molecule has 2 N–H and O–H groups in total. The van der Waals surface area contributed by atoms with Crippen molar-refractivity contribution in [2.24, 2.45) is 0 Å². The quantitative estimate of drug-likeness (QED) is 0.245. The van der Waals surface area contributed by atoms with E-state index in [1.54, 1.807) is 23.8 Å². The summed E-state index contributed by atoms with van der Waals surface area (Å²) in [6.45, 7) is 0.807. The van der Waals surface area contributed by atoms with Gasteiger partial charge in [0.15, 0.2) is 0 Å². The number of amides is 1. The number of hydrogen-bond acceptors (Lipinski definition) is 6. The lowest BCUT2D eigenvalue weighted by Crippen LogP contribution is -2.15. The Morgan fingerprint density at radius 1 is 1.12 bits per heavy atom. The fourth-order valence-corrected chi connectivity index (χ4v) is 3.35. The van der Waals surface area contributed by atoms with Crippen LogP contribution in [-0.4, -0.2) is 40.5 Å². The summed E-state index contributed by atoms with van der Waals surface area (Å²) in [6.07, 6.45) is 1.80. The SMILES string of the molecule is COCCNc1ccc(C(=O)Nc2c(-c3ccccc3)nc3ccccn23)cc1[N+](=O)[O-]. The Kier molecular flexibility index (Phi) is 6.09. The number of ether oxygens (including phenoxy) is 1. The average molecular weight is 431 g/mol. The first-order chi connectivity index (χ1) is 15.6. The van der Waals surface area contributed by atoms with Gasteiger partial charge in [-0.15, -0.1) is 0 Å². The highest BCUT2D eigenvalue weighted by atomic mass is 16.6. The van der Waals surface area contributed by atoms with Crippen LogP contribution in [0.2, 0.25) is 0 Å². The normalized spacial score (nSPS) is 10.8. The molecule has 2 aromatic carbocycles. The number of fused-ring (bicyclic) bond motifs is 1. The third-order valence-corrected chi connectivity index (χ3v) is 4.89. The van der Waals surface area contributed by atoms with Crippen molar-refractivity contribution in [1.29, 1.82) is 0 Å². The van der Waals surface area contributed by atoms with Crippen molar-refractivity contribution in [3.63, 3.8) is 0 Å². The van der Waals surface area contributed by atoms with Gasteiger partial charge in [-0.05, 0) is 24.3 Å². The van der Waals surface area contributed by atoms with Crippen molar-refractivity contribution in [2.75, 3.05) is 30.9 Å². The lowest BCUT2D eigenvalue weighted by Gasteiger charge is -2.10. The number of rotatable bonds is 8. The van der Waals surface area contributed by atoms with Gasteiger partial charge in [-0.25, -0.2) is 4.98 Å². The molecular formula is C23H21N5O4. The van der Waals surface area contributed by atoms with Crippen molar-refractivity contribution >= 4 is 28.7 Å². The molecule has 0 spiro atoms. The van der Waals surface area contributed by atoms with Gasteiger partial charge >= 0.3 is 0 Å². The Labute approximate surface area is 183 Å². The second-order valence-corrected chi connectivity index (χ2v) is 6.97. The molecule has 9 heteroatoms. The van der Waals surface area contributed by atoms with E-state index < -0.39 is 10.8 Å². The first-order valence-corrected chi connectivity index (χ1v) is 9.93. The maximum absolute atomic E-state index is 13.1. The molecule has 0 aliphatic rings. The highest BCUT2D eigenvalue weighted by Crippen LogP contribution is 2.30. The summed E-state index contributed by atoms with van der Waals surface area (Å²) in [4.78, 5) is 28.8. The molecule has 0 radical (unpaired) electrons. The van der Waals surface area contributed by atoms with Crippen LogP contribution in [0.1, 0.15) is 10.4 Å². The van der Waals surface area contributed by atoms with Gasteiger partial charge in [0.05, 0.1) is 11.5 Å². The Hall–Kier alpha value is -4.24. The average Bonchev–Trinajstić information content (AvgIpc) is 3.18. The maximum Gasteiger partial charge on any atom is 0.293 e. The van der Waals surface area contributed by atoms with E-state index >= 15 is 0 Å². The number of nitrogens with one attached hydrogen (secondary N) is 2. The minimum absolute atomic E-state index is 0.166. The molecule has 0 saturated heterocycles. The Morgan fingerprint density at radius 2 is 1.91 bits per heavy atom. The van der Waals surface area contributed by atoms with Crippen molar-refractivity contribution in [1.82, 2.24) is 9.38 Å². The second kappa shape index (κ2) is 9.27. The van der Waals surface area contributed by atoms with Gasteiger partial charge in [-0.3, -0.25) is 19.3 Å². The Morgan fingerprint density at radius 3 is 2.66 bits per heavy atom. The highest BCUT2D eigenvalue weighted by Gasteiger charge is 2.20. The van der Waals surface area contributed by atoms with Crippen LogP contribution in [0.5, 0.6) is 0 Å². The molecule has 32 heavy (non-hydrogen) atoms. The third kappa shape index (κ3) is 4.28. The molecule has 0 unspecified atom stereocenters. The van der Waals surface area contributed by atoms with E-state index in [1.807, 2.05) is 48.5 Å². The fourth-order valence-electron chi connectivity index (χ4n) is 3.35. The summed E-state index contributed by atoms with van der Waals surface area (Å²) in [5.74, 6) is 0.0149. The minimum atomic E-state index is -0.518. The first kappa shape index (κ1) is 21.0. The van der Waals surface area contributed by atoms with E-state index in [2.05, 4.69) is 15.6 Å². The van der Waals surface area contributed by atoms with Gasteiger partial charge in [0.25, 0.3) is 11.6 Å². The van der Waals surface area contributed by atoms with Crippen LogP contribution in [0.4, 0.5) is 17.2 Å². The van der Waals surface area contributed by atoms with Crippen LogP contribution in [0, 0.1) is 10.1 Å². The summed E-state index contributed by atoms with van der Waals surface area (Å²) in [7, 11) is 1.55. The first-order valence-electron chi connectivity index (χ1n) is 9.93. The Balaban J connectivity index is 1.69. The molecule has 162 valence electrons. The smallest absolute Gasteiger partial charge is 0.293 e. The lowest BCUT2D eigenvalue weighted by atomic mass is 10.1. The molecule has 9 nitrogen and oxygen atoms in total. The van der Waals surface area contributed by atoms with Crippen molar-refractivity contribution in [2.45, 2.75) is 0 Å². The molecule has 1 amide bonds. The molecule has 4 aromatic rings. The number of methoxy groups -OCH3 is 1. The van der Waals surface area contributed by atoms with Crippen molar-refractivity contribution < 1.29 is 14.5 Å². The van der Waals surface area contributed by atoms with E-state index in [-0.39, 0.29) is 11.3 Å². The number of anilines is 2. The molecule has 0 aliphatic heterocycles. The van der Waals surface area contributed by atoms with E-state index in [0.29, 0.717) is 36.0 Å². The minimum Gasteiger partial charge on any atom is -0.383 e. The topological polar surface area (TPSA) is 111 Å². The summed E-state index contributed by atoms with van der Waals surface area (Å²) in [6, 6.07) is 19.4. The van der Waals surface area contributed by atoms with E-state index in [0.717, 1.165) is 5.56 Å². The summed E-state index contributed by atoms with van der Waals surface area (Å²) < 4.78 is 6.74. The number of nitro groups is 1. The number of pyridine rings is 1. The standard InChI is InChI=1S/C23H21N5O4/c1-32-14-12-24-18-11-10-17(15-19(18)28(30)31)23(29)26-22-21(16-7-3-2-4-8-16)25-20-9-5-6-13-27(20)22/h2-11,13,15,24H,12,14H2,1H3,(H,26,29). The molecule has 0 bridgehead atoms. The predicted octanol–water partition coefficient (Wildman–Crippen LogP) is 4.22. The zero-order chi connectivity index (χ0) is 22.5. The molecule has 0 aliphatic carbocycles. The lowest BCUT2D eigenvalue weighted by molar-refractivity contribution is -0.384. The van der Waals surface area contributed by atoms with Gasteiger partial charge in [0.2, 0.25) is 0 Å². The van der Waals surface area contributed by atoms with Crippen LogP contribution >= 0.6 is 0 Å². The van der Waals surface area contributed by atoms with Crippen LogP contribution in [0.15, 0.2) is 72.9 Å². The third-order valence-electron chi connectivity index (χ3n) is 4.89. The van der Waals surface area contributed by atoms with E-state index in [9.17, 15) is 14.9 Å². The van der Waals surface area contributed by atoms with E-state index in [1.165, 1.54) is 12.1 Å². The number of benzene rings is 2. The fraction of sp³-hybridized carbons (Fsp3) is 0.130. The molecule has 2 aromatic heterocycles. The molecule has 0 fully saturated rings. The van der Waals surface area contributed by atoms with Gasteiger partial charge in [-0.2, -0.15) is 0 Å². The van der Waals surface area contributed by atoms with Crippen LogP contribution in [0.3, 0.4) is 0 Å². The van der Waals surface area contributed by atoms with Gasteiger partial charge in [0.1, 0.15) is 22.8 Å². The molecule has 4 rings (SSSR count). The van der Waals surface area contributed by atoms with Gasteiger partial charge in [-0.1, -0.05) is 36.4 Å². The molecule has 0 saturated carbocycles. The highest BCUT2D eigenvalue weighted by molar-refractivity contribution is 6.06. The van der Waals surface area contributed by atoms with Gasteiger partial charge < -0.3 is 15.4 Å². The van der Waals surface area contributed by atoms with Crippen LogP contribution in [-0.2, 0) is 4.74 Å². The van der Waals surface area contributed by atoms with Crippen molar-refractivity contribution in [3.05, 3.63) is 88.6 Å². The van der Waals surface area contributed by atoms with Crippen LogP contribution < -0.4 is 10.6 Å². The number of aromatic nitrogens is 2. The number of hydrogen-bond donors (Lipinski definition) is 2. The monoisotopic (exact) mass is 431 g/mol. The number of imidazole rings is 1. The molecular weight excluding hydrogens is 410 g/mol. The van der Waals surface area contributed by atoms with Gasteiger partial charge in [0, 0.05) is 37.0 Å². The maximum atomic E-state index is 13.1. The predicted molar refractivity (Wildman–Crippen MR) is 122 cm³/mol.